The first kappa shape index (κ1) is 15.5. The van der Waals surface area contributed by atoms with Crippen LogP contribution in [0.1, 0.15) is 49.9 Å². The van der Waals surface area contributed by atoms with Crippen molar-refractivity contribution in [3.8, 4) is 5.75 Å². The van der Waals surface area contributed by atoms with Gasteiger partial charge in [-0.15, -0.1) is 0 Å². The maximum absolute atomic E-state index is 11.9. The highest BCUT2D eigenvalue weighted by Crippen LogP contribution is 2.23. The molecule has 1 aromatic carbocycles. The Kier molecular flexibility index (Phi) is 5.37. The van der Waals surface area contributed by atoms with Crippen molar-refractivity contribution in [3.05, 3.63) is 29.8 Å². The molecule has 1 N–H and O–H groups in total. The third-order valence-corrected chi connectivity index (χ3v) is 4.09. The second-order valence-corrected chi connectivity index (χ2v) is 5.80. The SMILES string of the molecule is CC(=O)c1ccc(OCC(=O)N[C@@H]2CCCC[C@@H]2C)cc1. The molecule has 21 heavy (non-hydrogen) atoms. The number of amides is 1. The minimum Gasteiger partial charge on any atom is -0.484 e. The molecule has 4 nitrogen and oxygen atoms in total. The molecule has 114 valence electrons. The van der Waals surface area contributed by atoms with Gasteiger partial charge < -0.3 is 10.1 Å². The van der Waals surface area contributed by atoms with E-state index in [1.165, 1.54) is 26.2 Å². The molecule has 4 heteroatoms. The number of hydrogen-bond acceptors (Lipinski definition) is 3. The van der Waals surface area contributed by atoms with Crippen LogP contribution in [0.2, 0.25) is 0 Å². The van der Waals surface area contributed by atoms with E-state index in [1.54, 1.807) is 24.3 Å². The van der Waals surface area contributed by atoms with Crippen molar-refractivity contribution in [1.82, 2.24) is 5.32 Å². The number of Topliss-reactive ketones (excluding diaryl/α,β-unsaturated/α-hetero) is 1. The molecule has 2 atom stereocenters. The molecule has 0 unspecified atom stereocenters. The molecule has 1 saturated carbocycles. The maximum atomic E-state index is 11.9. The number of ether oxygens (including phenoxy) is 1. The minimum atomic E-state index is -0.0793. The number of carbonyl (C=O) groups is 2. The standard InChI is InChI=1S/C17H23NO3/c1-12-5-3-4-6-16(12)18-17(20)11-21-15-9-7-14(8-10-15)13(2)19/h7-10,12,16H,3-6,11H2,1-2H3,(H,18,20)/t12-,16+/m0/s1. The summed E-state index contributed by atoms with van der Waals surface area (Å²) in [5.74, 6) is 1.08. The van der Waals surface area contributed by atoms with Crippen molar-refractivity contribution in [1.29, 1.82) is 0 Å². The molecule has 1 aliphatic rings. The Morgan fingerprint density at radius 1 is 1.19 bits per heavy atom. The molecular formula is C17H23NO3. The average molecular weight is 289 g/mol. The van der Waals surface area contributed by atoms with E-state index >= 15 is 0 Å². The van der Waals surface area contributed by atoms with E-state index < -0.39 is 0 Å². The van der Waals surface area contributed by atoms with Gasteiger partial charge in [-0.05, 0) is 49.9 Å². The predicted molar refractivity (Wildman–Crippen MR) is 81.5 cm³/mol. The Labute approximate surface area is 125 Å². The molecule has 0 bridgehead atoms. The molecule has 0 radical (unpaired) electrons. The molecule has 0 saturated heterocycles. The van der Waals surface area contributed by atoms with Crippen LogP contribution in [0, 0.1) is 5.92 Å². The van der Waals surface area contributed by atoms with Crippen LogP contribution >= 0.6 is 0 Å². The zero-order valence-electron chi connectivity index (χ0n) is 12.7. The highest BCUT2D eigenvalue weighted by atomic mass is 16.5. The quantitative estimate of drug-likeness (QED) is 0.848. The highest BCUT2D eigenvalue weighted by Gasteiger charge is 2.22. The zero-order chi connectivity index (χ0) is 15.2. The lowest BCUT2D eigenvalue weighted by atomic mass is 9.86. The Morgan fingerprint density at radius 2 is 1.86 bits per heavy atom. The summed E-state index contributed by atoms with van der Waals surface area (Å²) in [6.45, 7) is 3.72. The van der Waals surface area contributed by atoms with Gasteiger partial charge >= 0.3 is 0 Å². The fourth-order valence-corrected chi connectivity index (χ4v) is 2.71. The molecule has 2 rings (SSSR count). The van der Waals surface area contributed by atoms with E-state index in [2.05, 4.69) is 12.2 Å². The number of rotatable bonds is 5. The number of ketones is 1. The van der Waals surface area contributed by atoms with Crippen molar-refractivity contribution in [2.45, 2.75) is 45.6 Å². The number of carbonyl (C=O) groups excluding carboxylic acids is 2. The van der Waals surface area contributed by atoms with Crippen LogP contribution < -0.4 is 10.1 Å². The maximum Gasteiger partial charge on any atom is 0.258 e. The summed E-state index contributed by atoms with van der Waals surface area (Å²) in [6, 6.07) is 7.12. The van der Waals surface area contributed by atoms with Crippen LogP contribution in [0.25, 0.3) is 0 Å². The van der Waals surface area contributed by atoms with E-state index in [9.17, 15) is 9.59 Å². The van der Waals surface area contributed by atoms with Crippen molar-refractivity contribution in [2.75, 3.05) is 6.61 Å². The Bertz CT molecular complexity index is 495. The van der Waals surface area contributed by atoms with Gasteiger partial charge in [0, 0.05) is 11.6 Å². The van der Waals surface area contributed by atoms with E-state index in [4.69, 9.17) is 4.74 Å². The Balaban J connectivity index is 1.79. The van der Waals surface area contributed by atoms with Crippen LogP contribution in [0.5, 0.6) is 5.75 Å². The van der Waals surface area contributed by atoms with Crippen molar-refractivity contribution >= 4 is 11.7 Å². The van der Waals surface area contributed by atoms with Gasteiger partial charge in [0.1, 0.15) is 5.75 Å². The van der Waals surface area contributed by atoms with E-state index in [0.29, 0.717) is 17.2 Å². The van der Waals surface area contributed by atoms with Crippen LogP contribution in [-0.2, 0) is 4.79 Å². The third-order valence-electron chi connectivity index (χ3n) is 4.09. The number of hydrogen-bond donors (Lipinski definition) is 1. The normalized spacial score (nSPS) is 21.6. The van der Waals surface area contributed by atoms with Crippen LogP contribution in [-0.4, -0.2) is 24.3 Å². The lowest BCUT2D eigenvalue weighted by molar-refractivity contribution is -0.124. The van der Waals surface area contributed by atoms with Crippen LogP contribution in [0.3, 0.4) is 0 Å². The molecule has 0 aliphatic heterocycles. The Hall–Kier alpha value is -1.84. The molecule has 1 amide bonds. The first-order valence-electron chi connectivity index (χ1n) is 7.59. The summed E-state index contributed by atoms with van der Waals surface area (Å²) in [7, 11) is 0. The van der Waals surface area contributed by atoms with Gasteiger partial charge in [-0.2, -0.15) is 0 Å². The summed E-state index contributed by atoms with van der Waals surface area (Å²) >= 11 is 0. The fourth-order valence-electron chi connectivity index (χ4n) is 2.71. The van der Waals surface area contributed by atoms with Crippen LogP contribution in [0.4, 0.5) is 0 Å². The zero-order valence-corrected chi connectivity index (χ0v) is 12.7. The summed E-state index contributed by atoms with van der Waals surface area (Å²) in [5, 5.41) is 3.05. The van der Waals surface area contributed by atoms with E-state index in [1.807, 2.05) is 0 Å². The van der Waals surface area contributed by atoms with Gasteiger partial charge in [0.05, 0.1) is 0 Å². The van der Waals surface area contributed by atoms with Crippen molar-refractivity contribution in [2.24, 2.45) is 5.92 Å². The van der Waals surface area contributed by atoms with Gasteiger partial charge in [-0.3, -0.25) is 9.59 Å². The first-order valence-corrected chi connectivity index (χ1v) is 7.59. The van der Waals surface area contributed by atoms with Gasteiger partial charge in [0.15, 0.2) is 12.4 Å². The monoisotopic (exact) mass is 289 g/mol. The molecule has 0 spiro atoms. The Morgan fingerprint density at radius 3 is 2.48 bits per heavy atom. The molecule has 0 aromatic heterocycles. The topological polar surface area (TPSA) is 55.4 Å². The first-order chi connectivity index (χ1) is 10.1. The molecular weight excluding hydrogens is 266 g/mol. The van der Waals surface area contributed by atoms with Crippen molar-refractivity contribution in [3.63, 3.8) is 0 Å². The third kappa shape index (κ3) is 4.59. The molecule has 0 heterocycles. The lowest BCUT2D eigenvalue weighted by Gasteiger charge is -2.29. The van der Waals surface area contributed by atoms with E-state index in [-0.39, 0.29) is 24.3 Å². The van der Waals surface area contributed by atoms with Crippen LogP contribution in [0.15, 0.2) is 24.3 Å². The minimum absolute atomic E-state index is 0.0165. The highest BCUT2D eigenvalue weighted by molar-refractivity contribution is 5.94. The number of nitrogens with one attached hydrogen (secondary N) is 1. The average Bonchev–Trinajstić information content (AvgIpc) is 2.48. The fraction of sp³-hybridized carbons (Fsp3) is 0.529. The summed E-state index contributed by atoms with van der Waals surface area (Å²) in [4.78, 5) is 23.1. The van der Waals surface area contributed by atoms with Gasteiger partial charge in [0.25, 0.3) is 5.91 Å². The largest absolute Gasteiger partial charge is 0.484 e. The van der Waals surface area contributed by atoms with Gasteiger partial charge in [0.2, 0.25) is 0 Å². The summed E-state index contributed by atoms with van der Waals surface area (Å²) in [5.41, 5.74) is 0.642. The molecule has 1 fully saturated rings. The lowest BCUT2D eigenvalue weighted by Crippen LogP contribution is -2.43. The van der Waals surface area contributed by atoms with E-state index in [0.717, 1.165) is 6.42 Å². The number of benzene rings is 1. The van der Waals surface area contributed by atoms with Crippen molar-refractivity contribution < 1.29 is 14.3 Å². The van der Waals surface area contributed by atoms with Gasteiger partial charge in [-0.1, -0.05) is 19.8 Å². The molecule has 1 aliphatic carbocycles. The molecule has 1 aromatic rings. The van der Waals surface area contributed by atoms with Gasteiger partial charge in [-0.25, -0.2) is 0 Å². The summed E-state index contributed by atoms with van der Waals surface area (Å²) in [6.07, 6.45) is 4.67. The predicted octanol–water partition coefficient (Wildman–Crippen LogP) is 2.96. The smallest absolute Gasteiger partial charge is 0.258 e. The summed E-state index contributed by atoms with van der Waals surface area (Å²) < 4.78 is 5.46. The second-order valence-electron chi connectivity index (χ2n) is 5.80. The second kappa shape index (κ2) is 7.25.